The van der Waals surface area contributed by atoms with Gasteiger partial charge in [0.05, 0.1) is 6.26 Å². The molecule has 6 heteroatoms. The molecule has 3 atom stereocenters. The minimum atomic E-state index is -3.18. The Balaban J connectivity index is 1.99. The Hall–Kier alpha value is -0.880. The lowest BCUT2D eigenvalue weighted by atomic mass is 9.70. The van der Waals surface area contributed by atoms with Crippen molar-refractivity contribution >= 4 is 15.9 Å². The first-order valence-electron chi connectivity index (χ1n) is 9.58. The van der Waals surface area contributed by atoms with Gasteiger partial charge in [0, 0.05) is 19.0 Å². The van der Waals surface area contributed by atoms with Gasteiger partial charge in [-0.15, -0.1) is 0 Å². The predicted octanol–water partition coefficient (Wildman–Crippen LogP) is 2.84. The third-order valence-corrected chi connectivity index (χ3v) is 6.51. The van der Waals surface area contributed by atoms with Crippen molar-refractivity contribution in [1.82, 2.24) is 10.0 Å². The van der Waals surface area contributed by atoms with Crippen molar-refractivity contribution < 1.29 is 13.2 Å². The van der Waals surface area contributed by atoms with Gasteiger partial charge in [0.15, 0.2) is 0 Å². The van der Waals surface area contributed by atoms with Gasteiger partial charge < -0.3 is 5.32 Å². The third kappa shape index (κ3) is 6.41. The van der Waals surface area contributed by atoms with Crippen molar-refractivity contribution in [2.45, 2.75) is 65.3 Å². The first-order chi connectivity index (χ1) is 11.7. The molecule has 0 aromatic rings. The molecule has 0 bridgehead atoms. The molecule has 3 unspecified atom stereocenters. The van der Waals surface area contributed by atoms with E-state index >= 15 is 0 Å². The molecular weight excluding hydrogens is 336 g/mol. The Morgan fingerprint density at radius 1 is 1.28 bits per heavy atom. The highest BCUT2D eigenvalue weighted by Crippen LogP contribution is 2.38. The van der Waals surface area contributed by atoms with Crippen LogP contribution in [0.25, 0.3) is 0 Å². The van der Waals surface area contributed by atoms with E-state index in [1.165, 1.54) is 24.7 Å². The van der Waals surface area contributed by atoms with Crippen LogP contribution in [-0.2, 0) is 14.8 Å². The van der Waals surface area contributed by atoms with Crippen molar-refractivity contribution in [2.75, 3.05) is 12.8 Å². The summed E-state index contributed by atoms with van der Waals surface area (Å²) in [5.74, 6) is 1.48. The molecule has 25 heavy (non-hydrogen) atoms. The summed E-state index contributed by atoms with van der Waals surface area (Å²) in [6.45, 7) is 6.89. The highest BCUT2D eigenvalue weighted by molar-refractivity contribution is 7.88. The lowest BCUT2D eigenvalue weighted by molar-refractivity contribution is -0.122. The van der Waals surface area contributed by atoms with Crippen LogP contribution in [-0.4, -0.2) is 33.2 Å². The van der Waals surface area contributed by atoms with Crippen LogP contribution < -0.4 is 10.0 Å². The molecule has 0 spiro atoms. The first kappa shape index (κ1) is 20.4. The van der Waals surface area contributed by atoms with E-state index in [-0.39, 0.29) is 17.7 Å². The minimum absolute atomic E-state index is 0.167. The maximum absolute atomic E-state index is 12.4. The average Bonchev–Trinajstić information content (AvgIpc) is 2.99. The van der Waals surface area contributed by atoms with Gasteiger partial charge in [-0.25, -0.2) is 13.1 Å². The fourth-order valence-electron chi connectivity index (χ4n) is 4.34. The van der Waals surface area contributed by atoms with Gasteiger partial charge in [-0.1, -0.05) is 38.3 Å². The van der Waals surface area contributed by atoms with E-state index in [1.807, 2.05) is 0 Å². The normalized spacial score (nSPS) is 28.2. The zero-order chi connectivity index (χ0) is 18.6. The minimum Gasteiger partial charge on any atom is -0.353 e. The van der Waals surface area contributed by atoms with Gasteiger partial charge in [-0.2, -0.15) is 0 Å². The Morgan fingerprint density at radius 2 is 1.92 bits per heavy atom. The molecule has 1 amide bonds. The molecule has 1 fully saturated rings. The molecule has 2 rings (SSSR count). The van der Waals surface area contributed by atoms with Crippen LogP contribution in [0.1, 0.15) is 59.3 Å². The first-order valence-corrected chi connectivity index (χ1v) is 11.5. The predicted molar refractivity (Wildman–Crippen MR) is 102 cm³/mol. The van der Waals surface area contributed by atoms with Crippen LogP contribution in [0.3, 0.4) is 0 Å². The topological polar surface area (TPSA) is 75.3 Å². The van der Waals surface area contributed by atoms with E-state index in [9.17, 15) is 13.2 Å². The van der Waals surface area contributed by atoms with Crippen molar-refractivity contribution in [1.29, 1.82) is 0 Å². The summed E-state index contributed by atoms with van der Waals surface area (Å²) in [7, 11) is -3.18. The Morgan fingerprint density at radius 3 is 2.48 bits per heavy atom. The summed E-state index contributed by atoms with van der Waals surface area (Å²) in [4.78, 5) is 12.4. The largest absolute Gasteiger partial charge is 0.353 e. The number of carbonyl (C=O) groups is 1. The molecule has 5 nitrogen and oxygen atoms in total. The third-order valence-electron chi connectivity index (χ3n) is 5.82. The van der Waals surface area contributed by atoms with Crippen LogP contribution >= 0.6 is 0 Å². The van der Waals surface area contributed by atoms with Crippen LogP contribution in [0.4, 0.5) is 0 Å². The zero-order valence-electron chi connectivity index (χ0n) is 16.0. The van der Waals surface area contributed by atoms with Gasteiger partial charge in [0.2, 0.25) is 15.9 Å². The molecule has 0 saturated heterocycles. The number of rotatable bonds is 7. The lowest BCUT2D eigenvalue weighted by Gasteiger charge is -2.37. The molecule has 2 aliphatic rings. The molecule has 0 aromatic heterocycles. The average molecular weight is 371 g/mol. The van der Waals surface area contributed by atoms with Crippen molar-refractivity contribution in [3.8, 4) is 0 Å². The molecule has 2 aliphatic carbocycles. The zero-order valence-corrected chi connectivity index (χ0v) is 16.9. The van der Waals surface area contributed by atoms with Gasteiger partial charge in [0.25, 0.3) is 0 Å². The Bertz CT molecular complexity index is 592. The van der Waals surface area contributed by atoms with Crippen LogP contribution in [0.2, 0.25) is 0 Å². The van der Waals surface area contributed by atoms with E-state index in [4.69, 9.17) is 0 Å². The molecule has 1 saturated carbocycles. The van der Waals surface area contributed by atoms with Gasteiger partial charge >= 0.3 is 0 Å². The van der Waals surface area contributed by atoms with E-state index < -0.39 is 10.0 Å². The highest BCUT2D eigenvalue weighted by atomic mass is 32.2. The molecule has 0 aromatic carbocycles. The lowest BCUT2D eigenvalue weighted by Crippen LogP contribution is -2.38. The standard InChI is InChI=1S/C19H34N2O3S/c1-13(2)18-10-15(11-19(22)21-17-7-5-6-8-17)14(3)9-16(18)12-20-25(4,23)24/h9,13,15-18,20H,5-8,10-12H2,1-4H3,(H,21,22). The van der Waals surface area contributed by atoms with Gasteiger partial charge in [0.1, 0.15) is 0 Å². The number of nitrogens with one attached hydrogen (secondary N) is 2. The second kappa shape index (κ2) is 8.67. The summed E-state index contributed by atoms with van der Waals surface area (Å²) in [6, 6.07) is 0.369. The molecule has 144 valence electrons. The fourth-order valence-corrected chi connectivity index (χ4v) is 4.83. The van der Waals surface area contributed by atoms with Gasteiger partial charge in [-0.05, 0) is 49.9 Å². The van der Waals surface area contributed by atoms with Crippen molar-refractivity contribution in [3.63, 3.8) is 0 Å². The monoisotopic (exact) mass is 370 g/mol. The van der Waals surface area contributed by atoms with Crippen LogP contribution in [0, 0.1) is 23.7 Å². The second-order valence-electron chi connectivity index (χ2n) is 8.29. The summed E-state index contributed by atoms with van der Waals surface area (Å²) in [5, 5.41) is 3.19. The molecule has 2 N–H and O–H groups in total. The number of sulfonamides is 1. The summed E-state index contributed by atoms with van der Waals surface area (Å²) < 4.78 is 25.5. The number of hydrogen-bond donors (Lipinski definition) is 2. The summed E-state index contributed by atoms with van der Waals surface area (Å²) in [6.07, 6.45) is 9.56. The summed E-state index contributed by atoms with van der Waals surface area (Å²) >= 11 is 0. The number of allylic oxidation sites excluding steroid dienone is 1. The van der Waals surface area contributed by atoms with Crippen LogP contribution in [0.15, 0.2) is 11.6 Å². The molecule has 0 heterocycles. The van der Waals surface area contributed by atoms with E-state index in [2.05, 4.69) is 36.9 Å². The van der Waals surface area contributed by atoms with E-state index in [0.717, 1.165) is 19.3 Å². The SMILES string of the molecule is CC1=CC(CNS(C)(=O)=O)C(C(C)C)CC1CC(=O)NC1CCCC1. The molecular formula is C19H34N2O3S. The number of hydrogen-bond acceptors (Lipinski definition) is 3. The van der Waals surface area contributed by atoms with Gasteiger partial charge in [-0.3, -0.25) is 4.79 Å². The Kier molecular flexibility index (Phi) is 7.09. The molecule has 0 aliphatic heterocycles. The fraction of sp³-hybridized carbons (Fsp3) is 0.842. The van der Waals surface area contributed by atoms with E-state index in [1.54, 1.807) is 0 Å². The van der Waals surface area contributed by atoms with Crippen LogP contribution in [0.5, 0.6) is 0 Å². The van der Waals surface area contributed by atoms with Crippen molar-refractivity contribution in [2.24, 2.45) is 23.7 Å². The second-order valence-corrected chi connectivity index (χ2v) is 10.1. The van der Waals surface area contributed by atoms with Crippen molar-refractivity contribution in [3.05, 3.63) is 11.6 Å². The molecule has 0 radical (unpaired) electrons. The Labute approximate surface area is 153 Å². The maximum atomic E-state index is 12.4. The van der Waals surface area contributed by atoms with E-state index in [0.29, 0.717) is 30.8 Å². The highest BCUT2D eigenvalue weighted by Gasteiger charge is 2.33. The maximum Gasteiger partial charge on any atom is 0.220 e. The number of carbonyl (C=O) groups excluding carboxylic acids is 1. The number of amides is 1. The quantitative estimate of drug-likeness (QED) is 0.677. The smallest absolute Gasteiger partial charge is 0.220 e. The summed E-state index contributed by atoms with van der Waals surface area (Å²) in [5.41, 5.74) is 1.22.